The van der Waals surface area contributed by atoms with E-state index in [4.69, 9.17) is 21.3 Å². The molecule has 0 unspecified atom stereocenters. The zero-order valence-corrected chi connectivity index (χ0v) is 16.1. The van der Waals surface area contributed by atoms with Gasteiger partial charge in [0.1, 0.15) is 11.6 Å². The molecule has 1 aliphatic rings. The largest absolute Gasteiger partial charge is 0.484 e. The van der Waals surface area contributed by atoms with Crippen LogP contribution in [0.3, 0.4) is 0 Å². The van der Waals surface area contributed by atoms with Crippen molar-refractivity contribution in [1.29, 1.82) is 0 Å². The summed E-state index contributed by atoms with van der Waals surface area (Å²) in [6.07, 6.45) is 1.75. The molecular weight excluding hydrogens is 387 g/mol. The number of carbonyl (C=O) groups excluding carboxylic acids is 1. The average molecular weight is 405 g/mol. The molecule has 7 heteroatoms. The molecule has 1 amide bonds. The van der Waals surface area contributed by atoms with Gasteiger partial charge in [-0.15, -0.1) is 11.3 Å². The minimum atomic E-state index is -0.377. The van der Waals surface area contributed by atoms with Crippen molar-refractivity contribution in [2.75, 3.05) is 19.7 Å². The van der Waals surface area contributed by atoms with Crippen molar-refractivity contribution >= 4 is 39.1 Å². The van der Waals surface area contributed by atoms with Crippen LogP contribution in [0, 0.1) is 5.82 Å². The highest BCUT2D eigenvalue weighted by Crippen LogP contribution is 2.34. The Labute approximate surface area is 165 Å². The molecule has 2 heterocycles. The summed E-state index contributed by atoms with van der Waals surface area (Å²) in [5, 5.41) is 1.80. The molecule has 27 heavy (non-hydrogen) atoms. The lowest BCUT2D eigenvalue weighted by molar-refractivity contribution is -0.134. The first kappa shape index (κ1) is 18.2. The Kier molecular flexibility index (Phi) is 5.27. The number of benzene rings is 2. The SMILES string of the molecule is O=C(COc1cccc(F)c1)N1CCC(c2nc3cc(Cl)ccc3s2)CC1. The molecule has 140 valence electrons. The second kappa shape index (κ2) is 7.82. The molecule has 1 aromatic heterocycles. The quantitative estimate of drug-likeness (QED) is 0.622. The number of piperidine rings is 1. The van der Waals surface area contributed by atoms with Crippen LogP contribution < -0.4 is 4.74 Å². The molecule has 0 N–H and O–H groups in total. The van der Waals surface area contributed by atoms with Crippen LogP contribution >= 0.6 is 22.9 Å². The number of hydrogen-bond donors (Lipinski definition) is 0. The predicted molar refractivity (Wildman–Crippen MR) is 105 cm³/mol. The maximum Gasteiger partial charge on any atom is 0.260 e. The molecule has 3 aromatic rings. The van der Waals surface area contributed by atoms with Gasteiger partial charge in [0.05, 0.1) is 15.2 Å². The number of halogens is 2. The predicted octanol–water partition coefficient (Wildman–Crippen LogP) is 4.87. The van der Waals surface area contributed by atoms with E-state index in [-0.39, 0.29) is 18.3 Å². The molecule has 0 atom stereocenters. The molecule has 0 radical (unpaired) electrons. The van der Waals surface area contributed by atoms with Crippen LogP contribution in [0.1, 0.15) is 23.8 Å². The minimum Gasteiger partial charge on any atom is -0.484 e. The summed E-state index contributed by atoms with van der Waals surface area (Å²) in [5.74, 6) is 0.271. The van der Waals surface area contributed by atoms with Crippen molar-refractivity contribution in [1.82, 2.24) is 9.88 Å². The van der Waals surface area contributed by atoms with Gasteiger partial charge < -0.3 is 9.64 Å². The Morgan fingerprint density at radius 1 is 1.26 bits per heavy atom. The third-order valence-corrected chi connectivity index (χ3v) is 6.16. The maximum atomic E-state index is 13.2. The van der Waals surface area contributed by atoms with Crippen LogP contribution in [-0.2, 0) is 4.79 Å². The number of rotatable bonds is 4. The fraction of sp³-hybridized carbons (Fsp3) is 0.300. The minimum absolute atomic E-state index is 0.0752. The molecule has 0 bridgehead atoms. The van der Waals surface area contributed by atoms with E-state index in [1.165, 1.54) is 12.1 Å². The lowest BCUT2D eigenvalue weighted by Gasteiger charge is -2.31. The number of ether oxygens (including phenoxy) is 1. The second-order valence-corrected chi connectivity index (χ2v) is 8.06. The number of thiazole rings is 1. The smallest absolute Gasteiger partial charge is 0.260 e. The van der Waals surface area contributed by atoms with E-state index in [1.807, 2.05) is 18.2 Å². The van der Waals surface area contributed by atoms with Gasteiger partial charge in [0.25, 0.3) is 5.91 Å². The van der Waals surface area contributed by atoms with E-state index >= 15 is 0 Å². The lowest BCUT2D eigenvalue weighted by Crippen LogP contribution is -2.40. The van der Waals surface area contributed by atoms with E-state index in [1.54, 1.807) is 28.4 Å². The summed E-state index contributed by atoms with van der Waals surface area (Å²) in [6, 6.07) is 11.6. The molecule has 4 nitrogen and oxygen atoms in total. The number of amides is 1. The summed E-state index contributed by atoms with van der Waals surface area (Å²) < 4.78 is 19.7. The zero-order chi connectivity index (χ0) is 18.8. The number of fused-ring (bicyclic) bond motifs is 1. The summed E-state index contributed by atoms with van der Waals surface area (Å²) >= 11 is 7.74. The normalized spacial score (nSPS) is 15.3. The first-order chi connectivity index (χ1) is 13.1. The molecular formula is C20H18ClFN2O2S. The van der Waals surface area contributed by atoms with E-state index in [9.17, 15) is 9.18 Å². The van der Waals surface area contributed by atoms with Gasteiger partial charge in [0.2, 0.25) is 0 Å². The third-order valence-electron chi connectivity index (χ3n) is 4.72. The molecule has 1 aliphatic heterocycles. The molecule has 1 fully saturated rings. The lowest BCUT2D eigenvalue weighted by atomic mass is 9.97. The van der Waals surface area contributed by atoms with Crippen molar-refractivity contribution in [3.63, 3.8) is 0 Å². The van der Waals surface area contributed by atoms with Crippen LogP contribution in [0.4, 0.5) is 4.39 Å². The van der Waals surface area contributed by atoms with Crippen LogP contribution in [0.15, 0.2) is 42.5 Å². The number of aromatic nitrogens is 1. The number of nitrogens with zero attached hydrogens (tertiary/aromatic N) is 2. The van der Waals surface area contributed by atoms with Crippen molar-refractivity contribution < 1.29 is 13.9 Å². The van der Waals surface area contributed by atoms with Gasteiger partial charge >= 0.3 is 0 Å². The van der Waals surface area contributed by atoms with Crippen LogP contribution in [0.2, 0.25) is 5.02 Å². The first-order valence-corrected chi connectivity index (χ1v) is 10.00. The Morgan fingerprint density at radius 2 is 2.07 bits per heavy atom. The number of carbonyl (C=O) groups is 1. The van der Waals surface area contributed by atoms with Crippen LogP contribution in [0.25, 0.3) is 10.2 Å². The van der Waals surface area contributed by atoms with Gasteiger partial charge in [0, 0.05) is 30.1 Å². The fourth-order valence-electron chi connectivity index (χ4n) is 3.26. The summed E-state index contributed by atoms with van der Waals surface area (Å²) in [7, 11) is 0. The van der Waals surface area contributed by atoms with Gasteiger partial charge in [-0.1, -0.05) is 17.7 Å². The maximum absolute atomic E-state index is 13.2. The standard InChI is InChI=1S/C20H18ClFN2O2S/c21-14-4-5-18-17(10-14)23-20(27-18)13-6-8-24(9-7-13)19(25)12-26-16-3-1-2-15(22)11-16/h1-5,10-11,13H,6-9,12H2. The van der Waals surface area contributed by atoms with E-state index in [2.05, 4.69) is 0 Å². The third kappa shape index (κ3) is 4.22. The molecule has 0 aliphatic carbocycles. The van der Waals surface area contributed by atoms with E-state index in [0.717, 1.165) is 28.1 Å². The second-order valence-electron chi connectivity index (χ2n) is 6.57. The molecule has 0 saturated carbocycles. The monoisotopic (exact) mass is 404 g/mol. The zero-order valence-electron chi connectivity index (χ0n) is 14.5. The summed E-state index contributed by atoms with van der Waals surface area (Å²) in [5.41, 5.74) is 0.935. The van der Waals surface area contributed by atoms with Crippen molar-refractivity contribution in [2.45, 2.75) is 18.8 Å². The van der Waals surface area contributed by atoms with E-state index < -0.39 is 0 Å². The molecule has 2 aromatic carbocycles. The van der Waals surface area contributed by atoms with Crippen LogP contribution in [-0.4, -0.2) is 35.5 Å². The van der Waals surface area contributed by atoms with Gasteiger partial charge in [-0.25, -0.2) is 9.37 Å². The Balaban J connectivity index is 1.33. The van der Waals surface area contributed by atoms with E-state index in [0.29, 0.717) is 29.8 Å². The highest BCUT2D eigenvalue weighted by molar-refractivity contribution is 7.18. The number of likely N-dealkylation sites (tertiary alicyclic amines) is 1. The highest BCUT2D eigenvalue weighted by atomic mass is 35.5. The Hall–Kier alpha value is -2.18. The van der Waals surface area contributed by atoms with Gasteiger partial charge in [0.15, 0.2) is 6.61 Å². The fourth-order valence-corrected chi connectivity index (χ4v) is 4.55. The summed E-state index contributed by atoms with van der Waals surface area (Å²) in [6.45, 7) is 1.27. The topological polar surface area (TPSA) is 42.4 Å². The molecule has 1 saturated heterocycles. The van der Waals surface area contributed by atoms with Gasteiger partial charge in [-0.2, -0.15) is 0 Å². The Bertz CT molecular complexity index is 970. The highest BCUT2D eigenvalue weighted by Gasteiger charge is 2.26. The van der Waals surface area contributed by atoms with Gasteiger partial charge in [-0.05, 0) is 43.2 Å². The Morgan fingerprint density at radius 3 is 2.85 bits per heavy atom. The molecule has 4 rings (SSSR count). The summed E-state index contributed by atoms with van der Waals surface area (Å²) in [4.78, 5) is 18.9. The molecule has 0 spiro atoms. The average Bonchev–Trinajstić information content (AvgIpc) is 3.09. The van der Waals surface area contributed by atoms with Crippen molar-refractivity contribution in [3.05, 3.63) is 58.3 Å². The van der Waals surface area contributed by atoms with Gasteiger partial charge in [-0.3, -0.25) is 4.79 Å². The number of hydrogen-bond acceptors (Lipinski definition) is 4. The van der Waals surface area contributed by atoms with Crippen molar-refractivity contribution in [2.24, 2.45) is 0 Å². The van der Waals surface area contributed by atoms with Crippen molar-refractivity contribution in [3.8, 4) is 5.75 Å². The first-order valence-electron chi connectivity index (χ1n) is 8.80. The van der Waals surface area contributed by atoms with Crippen LogP contribution in [0.5, 0.6) is 5.75 Å².